The van der Waals surface area contributed by atoms with Gasteiger partial charge in [0.1, 0.15) is 0 Å². The van der Waals surface area contributed by atoms with Crippen molar-refractivity contribution in [1.82, 2.24) is 0 Å². The molecule has 0 aromatic heterocycles. The van der Waals surface area contributed by atoms with Gasteiger partial charge in [0.05, 0.1) is 12.4 Å². The molecule has 0 rings (SSSR count). The van der Waals surface area contributed by atoms with Gasteiger partial charge in [0.2, 0.25) is 11.1 Å². The summed E-state index contributed by atoms with van der Waals surface area (Å²) >= 11 is -2.64. The third kappa shape index (κ3) is 5.22. The van der Waals surface area contributed by atoms with E-state index in [0.717, 1.165) is 5.57 Å². The van der Waals surface area contributed by atoms with Gasteiger partial charge in [0, 0.05) is 0 Å². The number of allylic oxidation sites excluding steroid dienone is 2. The predicted octanol–water partition coefficient (Wildman–Crippen LogP) is 2.61. The summed E-state index contributed by atoms with van der Waals surface area (Å²) in [7, 11) is 0. The zero-order chi connectivity index (χ0) is 12.1. The molecule has 15 heavy (non-hydrogen) atoms. The lowest BCUT2D eigenvalue weighted by atomic mass is 10.3. The summed E-state index contributed by atoms with van der Waals surface area (Å²) in [5.74, 6) is 0.406. The van der Waals surface area contributed by atoms with Gasteiger partial charge in [-0.25, -0.2) is 4.21 Å². The second-order valence-electron chi connectivity index (χ2n) is 3.12. The first kappa shape index (κ1) is 14.5. The van der Waals surface area contributed by atoms with Crippen LogP contribution in [-0.2, 0) is 20.0 Å². The van der Waals surface area contributed by atoms with Gasteiger partial charge >= 0.3 is 5.25 Å². The van der Waals surface area contributed by atoms with E-state index in [9.17, 15) is 13.0 Å². The van der Waals surface area contributed by atoms with Crippen molar-refractivity contribution < 1.29 is 21.9 Å². The standard InChI is InChI=1S/C9H16F2O3S/c1-5-14-15(12)9(10,11)6-13-8(4)7(2)3/h5-6H2,1-4H3. The molecular weight excluding hydrogens is 226 g/mol. The minimum atomic E-state index is -3.48. The van der Waals surface area contributed by atoms with Gasteiger partial charge in [0.15, 0.2) is 6.61 Å². The molecule has 0 spiro atoms. The summed E-state index contributed by atoms with van der Waals surface area (Å²) < 4.78 is 46.1. The van der Waals surface area contributed by atoms with Gasteiger partial charge in [-0.15, -0.1) is 0 Å². The van der Waals surface area contributed by atoms with Crippen molar-refractivity contribution in [2.45, 2.75) is 32.9 Å². The molecule has 90 valence electrons. The van der Waals surface area contributed by atoms with Crippen LogP contribution >= 0.6 is 0 Å². The van der Waals surface area contributed by atoms with Gasteiger partial charge in [-0.2, -0.15) is 8.78 Å². The Labute approximate surface area is 91.1 Å². The lowest BCUT2D eigenvalue weighted by molar-refractivity contribution is 0.00628. The highest BCUT2D eigenvalue weighted by Gasteiger charge is 2.39. The summed E-state index contributed by atoms with van der Waals surface area (Å²) in [4.78, 5) is 0. The molecule has 0 saturated carbocycles. The first-order chi connectivity index (χ1) is 6.81. The molecule has 1 unspecified atom stereocenters. The van der Waals surface area contributed by atoms with Gasteiger partial charge in [0.25, 0.3) is 0 Å². The summed E-state index contributed by atoms with van der Waals surface area (Å²) in [6, 6.07) is 0. The topological polar surface area (TPSA) is 35.5 Å². The maximum absolute atomic E-state index is 13.1. The highest BCUT2D eigenvalue weighted by Crippen LogP contribution is 2.21. The Morgan fingerprint density at radius 1 is 1.33 bits per heavy atom. The molecule has 0 aromatic rings. The van der Waals surface area contributed by atoms with E-state index < -0.39 is 22.9 Å². The van der Waals surface area contributed by atoms with Crippen LogP contribution in [-0.4, -0.2) is 22.7 Å². The normalized spacial score (nSPS) is 13.5. The molecule has 0 amide bonds. The van der Waals surface area contributed by atoms with Crippen LogP contribution < -0.4 is 0 Å². The number of halogens is 2. The minimum absolute atomic E-state index is 0.0240. The molecule has 6 heteroatoms. The fourth-order valence-electron chi connectivity index (χ4n) is 0.578. The Balaban J connectivity index is 4.27. The second-order valence-corrected chi connectivity index (χ2v) is 4.43. The monoisotopic (exact) mass is 242 g/mol. The van der Waals surface area contributed by atoms with Crippen molar-refractivity contribution in [3.05, 3.63) is 11.3 Å². The number of alkyl halides is 2. The van der Waals surface area contributed by atoms with Gasteiger partial charge in [-0.3, -0.25) is 4.18 Å². The number of hydrogen-bond acceptors (Lipinski definition) is 3. The van der Waals surface area contributed by atoms with E-state index in [1.807, 2.05) is 0 Å². The molecule has 0 saturated heterocycles. The van der Waals surface area contributed by atoms with Crippen LogP contribution in [0.15, 0.2) is 11.3 Å². The summed E-state index contributed by atoms with van der Waals surface area (Å²) in [6.45, 7) is 5.60. The molecular formula is C9H16F2O3S. The van der Waals surface area contributed by atoms with Crippen LogP contribution in [0.25, 0.3) is 0 Å². The number of rotatable bonds is 6. The number of ether oxygens (including phenoxy) is 1. The molecule has 1 atom stereocenters. The van der Waals surface area contributed by atoms with Crippen molar-refractivity contribution in [3.63, 3.8) is 0 Å². The van der Waals surface area contributed by atoms with Crippen LogP contribution in [0.4, 0.5) is 8.78 Å². The maximum Gasteiger partial charge on any atom is 0.378 e. The number of hydrogen-bond donors (Lipinski definition) is 0. The molecule has 0 fully saturated rings. The fourth-order valence-corrected chi connectivity index (χ4v) is 1.12. The van der Waals surface area contributed by atoms with Gasteiger partial charge < -0.3 is 4.74 Å². The van der Waals surface area contributed by atoms with Crippen LogP contribution in [0.3, 0.4) is 0 Å². The molecule has 0 radical (unpaired) electrons. The zero-order valence-electron chi connectivity index (χ0n) is 9.30. The molecule has 0 aliphatic carbocycles. The van der Waals surface area contributed by atoms with Crippen molar-refractivity contribution in [3.8, 4) is 0 Å². The molecule has 0 N–H and O–H groups in total. The van der Waals surface area contributed by atoms with E-state index in [4.69, 9.17) is 4.74 Å². The van der Waals surface area contributed by atoms with Crippen molar-refractivity contribution in [2.75, 3.05) is 13.2 Å². The highest BCUT2D eigenvalue weighted by atomic mass is 32.2. The molecule has 0 bridgehead atoms. The molecule has 3 nitrogen and oxygen atoms in total. The van der Waals surface area contributed by atoms with E-state index in [2.05, 4.69) is 4.18 Å². The summed E-state index contributed by atoms with van der Waals surface area (Å²) in [5.41, 5.74) is 0.799. The van der Waals surface area contributed by atoms with Crippen LogP contribution in [0.2, 0.25) is 0 Å². The van der Waals surface area contributed by atoms with Crippen molar-refractivity contribution >= 4 is 11.1 Å². The SMILES string of the molecule is CCOS(=O)C(F)(F)COC(C)=C(C)C. The highest BCUT2D eigenvalue weighted by molar-refractivity contribution is 7.81. The molecule has 0 heterocycles. The average molecular weight is 242 g/mol. The largest absolute Gasteiger partial charge is 0.491 e. The van der Waals surface area contributed by atoms with Crippen LogP contribution in [0, 0.1) is 0 Å². The van der Waals surface area contributed by atoms with Crippen LogP contribution in [0.1, 0.15) is 27.7 Å². The first-order valence-corrected chi connectivity index (χ1v) is 5.58. The zero-order valence-corrected chi connectivity index (χ0v) is 10.1. The van der Waals surface area contributed by atoms with Gasteiger partial charge in [-0.05, 0) is 33.3 Å². The van der Waals surface area contributed by atoms with Crippen molar-refractivity contribution in [2.24, 2.45) is 0 Å². The van der Waals surface area contributed by atoms with E-state index in [0.29, 0.717) is 5.76 Å². The Hall–Kier alpha value is -0.490. The lowest BCUT2D eigenvalue weighted by Gasteiger charge is -2.16. The summed E-state index contributed by atoms with van der Waals surface area (Å²) in [5, 5.41) is -3.48. The first-order valence-electron chi connectivity index (χ1n) is 4.51. The average Bonchev–Trinajstić information content (AvgIpc) is 2.14. The molecule has 0 aromatic carbocycles. The second kappa shape index (κ2) is 6.17. The Morgan fingerprint density at radius 3 is 2.27 bits per heavy atom. The predicted molar refractivity (Wildman–Crippen MR) is 54.7 cm³/mol. The van der Waals surface area contributed by atoms with E-state index in [1.165, 1.54) is 6.92 Å². The third-order valence-corrected chi connectivity index (χ3v) is 2.68. The third-order valence-electron chi connectivity index (χ3n) is 1.63. The lowest BCUT2D eigenvalue weighted by Crippen LogP contribution is -2.30. The van der Waals surface area contributed by atoms with Crippen molar-refractivity contribution in [1.29, 1.82) is 0 Å². The summed E-state index contributed by atoms with van der Waals surface area (Å²) in [6.07, 6.45) is 0. The molecule has 0 aliphatic rings. The molecule has 0 aliphatic heterocycles. The Bertz CT molecular complexity index is 260. The smallest absolute Gasteiger partial charge is 0.378 e. The minimum Gasteiger partial charge on any atom is -0.491 e. The Kier molecular flexibility index (Phi) is 5.97. The van der Waals surface area contributed by atoms with E-state index in [-0.39, 0.29) is 6.61 Å². The van der Waals surface area contributed by atoms with Gasteiger partial charge in [-0.1, -0.05) is 0 Å². The Morgan fingerprint density at radius 2 is 1.87 bits per heavy atom. The van der Waals surface area contributed by atoms with Crippen LogP contribution in [0.5, 0.6) is 0 Å². The fraction of sp³-hybridized carbons (Fsp3) is 0.778. The quantitative estimate of drug-likeness (QED) is 0.672. The maximum atomic E-state index is 13.1. The van der Waals surface area contributed by atoms with E-state index in [1.54, 1.807) is 20.8 Å². The van der Waals surface area contributed by atoms with E-state index >= 15 is 0 Å².